The molecule has 0 unspecified atom stereocenters. The number of carbonyl (C=O) groups is 1. The monoisotopic (exact) mass is 355 g/mol. The van der Waals surface area contributed by atoms with Gasteiger partial charge in [-0.2, -0.15) is 0 Å². The minimum atomic E-state index is -0.512. The van der Waals surface area contributed by atoms with Crippen LogP contribution in [0.3, 0.4) is 0 Å². The molecule has 2 aromatic rings. The molecule has 0 radical (unpaired) electrons. The number of rotatable bonds is 2. The van der Waals surface area contributed by atoms with Crippen molar-refractivity contribution >= 4 is 29.5 Å². The molecule has 4 rings (SSSR count). The lowest BCUT2D eigenvalue weighted by molar-refractivity contribution is -0.129. The maximum absolute atomic E-state index is 12.1. The van der Waals surface area contributed by atoms with Gasteiger partial charge < -0.3 is 14.2 Å². The van der Waals surface area contributed by atoms with Gasteiger partial charge in [-0.25, -0.2) is 9.79 Å². The summed E-state index contributed by atoms with van der Waals surface area (Å²) in [4.78, 5) is 16.4. The second-order valence-corrected chi connectivity index (χ2v) is 5.98. The Hall–Kier alpha value is -2.79. The lowest BCUT2D eigenvalue weighted by Gasteiger charge is -2.07. The Morgan fingerprint density at radius 1 is 1.04 bits per heavy atom. The van der Waals surface area contributed by atoms with E-state index in [4.69, 9.17) is 25.8 Å². The van der Waals surface area contributed by atoms with E-state index in [9.17, 15) is 4.79 Å². The molecule has 5 nitrogen and oxygen atoms in total. The molecule has 25 heavy (non-hydrogen) atoms. The predicted octanol–water partition coefficient (Wildman–Crippen LogP) is 3.85. The molecule has 126 valence electrons. The van der Waals surface area contributed by atoms with Gasteiger partial charge in [-0.15, -0.1) is 0 Å². The van der Waals surface area contributed by atoms with E-state index in [0.717, 1.165) is 12.0 Å². The van der Waals surface area contributed by atoms with Crippen molar-refractivity contribution in [1.82, 2.24) is 0 Å². The van der Waals surface area contributed by atoms with Crippen molar-refractivity contribution in [3.05, 3.63) is 64.3 Å². The van der Waals surface area contributed by atoms with Crippen molar-refractivity contribution in [3.8, 4) is 11.5 Å². The number of aliphatic imine (C=N–C) groups is 1. The standard InChI is InChI=1S/C19H14ClNO4/c20-14-5-2-1-4-13(14)18-21-15(19(22)25-18)10-12-6-7-16-17(11-12)24-9-3-8-23-16/h1-2,4-7,10-11H,3,8-9H2/b15-10+. The molecule has 0 saturated heterocycles. The van der Waals surface area contributed by atoms with Gasteiger partial charge in [0.15, 0.2) is 17.2 Å². The molecule has 0 aliphatic carbocycles. The Balaban J connectivity index is 1.66. The number of esters is 1. The number of cyclic esters (lactones) is 1. The van der Waals surface area contributed by atoms with Crippen LogP contribution in [0.15, 0.2) is 53.2 Å². The molecular formula is C19H14ClNO4. The van der Waals surface area contributed by atoms with Crippen molar-refractivity contribution in [2.24, 2.45) is 4.99 Å². The zero-order valence-electron chi connectivity index (χ0n) is 13.2. The largest absolute Gasteiger partial charge is 0.490 e. The van der Waals surface area contributed by atoms with Crippen molar-refractivity contribution in [3.63, 3.8) is 0 Å². The van der Waals surface area contributed by atoms with E-state index in [-0.39, 0.29) is 11.6 Å². The van der Waals surface area contributed by atoms with E-state index >= 15 is 0 Å². The highest BCUT2D eigenvalue weighted by molar-refractivity contribution is 6.34. The van der Waals surface area contributed by atoms with Gasteiger partial charge >= 0.3 is 5.97 Å². The molecule has 0 spiro atoms. The van der Waals surface area contributed by atoms with Gasteiger partial charge in [0.2, 0.25) is 5.90 Å². The van der Waals surface area contributed by atoms with Crippen LogP contribution in [0, 0.1) is 0 Å². The lowest BCUT2D eigenvalue weighted by atomic mass is 10.1. The first kappa shape index (κ1) is 15.7. The van der Waals surface area contributed by atoms with Crippen LogP contribution in [0.5, 0.6) is 11.5 Å². The van der Waals surface area contributed by atoms with Gasteiger partial charge in [0.25, 0.3) is 0 Å². The first-order valence-electron chi connectivity index (χ1n) is 7.88. The number of nitrogens with zero attached hydrogens (tertiary/aromatic N) is 1. The van der Waals surface area contributed by atoms with E-state index in [1.54, 1.807) is 24.3 Å². The summed E-state index contributed by atoms with van der Waals surface area (Å²) in [5, 5.41) is 0.478. The Bertz CT molecular complexity index is 904. The third-order valence-corrected chi connectivity index (χ3v) is 4.13. The van der Waals surface area contributed by atoms with Crippen LogP contribution in [-0.4, -0.2) is 25.1 Å². The normalized spacial score (nSPS) is 17.9. The summed E-state index contributed by atoms with van der Waals surface area (Å²) in [6, 6.07) is 12.6. The number of fused-ring (bicyclic) bond motifs is 1. The first-order valence-corrected chi connectivity index (χ1v) is 8.25. The molecule has 2 heterocycles. The van der Waals surface area contributed by atoms with Crippen LogP contribution < -0.4 is 9.47 Å². The Morgan fingerprint density at radius 3 is 2.68 bits per heavy atom. The fraction of sp³-hybridized carbons (Fsp3) is 0.158. The van der Waals surface area contributed by atoms with E-state index in [1.807, 2.05) is 24.3 Å². The summed E-state index contributed by atoms with van der Waals surface area (Å²) >= 11 is 6.13. The quantitative estimate of drug-likeness (QED) is 0.606. The molecular weight excluding hydrogens is 342 g/mol. The Morgan fingerprint density at radius 2 is 1.84 bits per heavy atom. The van der Waals surface area contributed by atoms with Crippen molar-refractivity contribution in [2.45, 2.75) is 6.42 Å². The average molecular weight is 356 g/mol. The van der Waals surface area contributed by atoms with Crippen molar-refractivity contribution in [1.29, 1.82) is 0 Å². The number of benzene rings is 2. The van der Waals surface area contributed by atoms with Crippen LogP contribution >= 0.6 is 11.6 Å². The molecule has 2 aliphatic rings. The topological polar surface area (TPSA) is 57.1 Å². The van der Waals surface area contributed by atoms with Crippen LogP contribution in [-0.2, 0) is 9.53 Å². The van der Waals surface area contributed by atoms with Gasteiger partial charge in [-0.1, -0.05) is 29.8 Å². The molecule has 0 atom stereocenters. The highest BCUT2D eigenvalue weighted by Gasteiger charge is 2.25. The molecule has 2 aliphatic heterocycles. The third kappa shape index (κ3) is 3.23. The molecule has 0 saturated carbocycles. The summed E-state index contributed by atoms with van der Waals surface area (Å²) < 4.78 is 16.5. The SMILES string of the molecule is O=C1OC(c2ccccc2Cl)=N/C1=C/c1ccc2c(c1)OCCCO2. The number of hydrogen-bond donors (Lipinski definition) is 0. The molecule has 0 bridgehead atoms. The van der Waals surface area contributed by atoms with Gasteiger partial charge in [0.05, 0.1) is 23.8 Å². The maximum Gasteiger partial charge on any atom is 0.363 e. The van der Waals surface area contributed by atoms with E-state index in [0.29, 0.717) is 35.3 Å². The highest BCUT2D eigenvalue weighted by Crippen LogP contribution is 2.32. The van der Waals surface area contributed by atoms with Crippen molar-refractivity contribution < 1.29 is 19.0 Å². The van der Waals surface area contributed by atoms with E-state index < -0.39 is 5.97 Å². The third-order valence-electron chi connectivity index (χ3n) is 3.80. The zero-order chi connectivity index (χ0) is 17.2. The van der Waals surface area contributed by atoms with Crippen molar-refractivity contribution in [2.75, 3.05) is 13.2 Å². The van der Waals surface area contributed by atoms with Crippen LogP contribution in [0.4, 0.5) is 0 Å². The maximum atomic E-state index is 12.1. The molecule has 0 amide bonds. The Kier molecular flexibility index (Phi) is 4.15. The van der Waals surface area contributed by atoms with Crippen LogP contribution in [0.1, 0.15) is 17.5 Å². The lowest BCUT2D eigenvalue weighted by Crippen LogP contribution is -2.05. The van der Waals surface area contributed by atoms with Gasteiger partial charge in [-0.3, -0.25) is 0 Å². The minimum absolute atomic E-state index is 0.205. The summed E-state index contributed by atoms with van der Waals surface area (Å²) in [5.74, 6) is 1.06. The zero-order valence-corrected chi connectivity index (χ0v) is 14.0. The number of hydrogen-bond acceptors (Lipinski definition) is 5. The summed E-state index contributed by atoms with van der Waals surface area (Å²) in [5.41, 5.74) is 1.57. The summed E-state index contributed by atoms with van der Waals surface area (Å²) in [6.07, 6.45) is 2.49. The van der Waals surface area contributed by atoms with Gasteiger partial charge in [0.1, 0.15) is 0 Å². The van der Waals surface area contributed by atoms with E-state index in [2.05, 4.69) is 4.99 Å². The van der Waals surface area contributed by atoms with Gasteiger partial charge in [-0.05, 0) is 35.9 Å². The van der Waals surface area contributed by atoms with Crippen LogP contribution in [0.2, 0.25) is 5.02 Å². The number of halogens is 1. The fourth-order valence-electron chi connectivity index (χ4n) is 2.59. The molecule has 6 heteroatoms. The second kappa shape index (κ2) is 6.61. The van der Waals surface area contributed by atoms with Crippen LogP contribution in [0.25, 0.3) is 6.08 Å². The number of carbonyl (C=O) groups excluding carboxylic acids is 1. The molecule has 2 aromatic carbocycles. The molecule has 0 N–H and O–H groups in total. The molecule has 0 aromatic heterocycles. The predicted molar refractivity (Wildman–Crippen MR) is 94.1 cm³/mol. The second-order valence-electron chi connectivity index (χ2n) is 5.57. The number of ether oxygens (including phenoxy) is 3. The summed E-state index contributed by atoms with van der Waals surface area (Å²) in [7, 11) is 0. The Labute approximate surface area is 149 Å². The first-order chi connectivity index (χ1) is 12.2. The summed E-state index contributed by atoms with van der Waals surface area (Å²) in [6.45, 7) is 1.23. The molecule has 0 fully saturated rings. The highest BCUT2D eigenvalue weighted by atomic mass is 35.5. The smallest absolute Gasteiger partial charge is 0.363 e. The minimum Gasteiger partial charge on any atom is -0.490 e. The van der Waals surface area contributed by atoms with Gasteiger partial charge in [0, 0.05) is 6.42 Å². The van der Waals surface area contributed by atoms with E-state index in [1.165, 1.54) is 0 Å². The fourth-order valence-corrected chi connectivity index (χ4v) is 2.80. The average Bonchev–Trinajstić information content (AvgIpc) is 2.82.